The first-order valence-corrected chi connectivity index (χ1v) is 7.45. The molecule has 1 N–H and O–H groups in total. The van der Waals surface area contributed by atoms with Crippen LogP contribution in [0.1, 0.15) is 39.7 Å². The Balaban J connectivity index is 0.00000172. The van der Waals surface area contributed by atoms with Crippen LogP contribution in [0.15, 0.2) is 24.3 Å². The molecule has 116 valence electrons. The summed E-state index contributed by atoms with van der Waals surface area (Å²) in [7, 11) is 5.70. The molecule has 0 unspecified atom stereocenters. The molecule has 3 heteroatoms. The van der Waals surface area contributed by atoms with Crippen LogP contribution in [0.3, 0.4) is 0 Å². The summed E-state index contributed by atoms with van der Waals surface area (Å²) in [6, 6.07) is 7.72. The molecule has 0 heterocycles. The van der Waals surface area contributed by atoms with Crippen LogP contribution >= 0.6 is 0 Å². The molecule has 2 atom stereocenters. The lowest BCUT2D eigenvalue weighted by Gasteiger charge is -2.35. The predicted octanol–water partition coefficient (Wildman–Crippen LogP) is 3.52. The van der Waals surface area contributed by atoms with Gasteiger partial charge in [0.25, 0.3) is 0 Å². The van der Waals surface area contributed by atoms with Crippen molar-refractivity contribution in [3.63, 3.8) is 0 Å². The average Bonchev–Trinajstić information content (AvgIpc) is 2.47. The molecule has 1 rings (SSSR count). The number of benzene rings is 1. The van der Waals surface area contributed by atoms with Crippen molar-refractivity contribution in [3.8, 4) is 5.75 Å². The average molecular weight is 281 g/mol. The van der Waals surface area contributed by atoms with Gasteiger partial charge in [0.1, 0.15) is 5.75 Å². The Morgan fingerprint density at radius 1 is 1.30 bits per heavy atom. The zero-order chi connectivity index (χ0) is 15.8. The minimum Gasteiger partial charge on any atom is -0.497 e. The molecule has 0 aliphatic carbocycles. The van der Waals surface area contributed by atoms with Crippen molar-refractivity contribution in [2.45, 2.75) is 39.7 Å². The third-order valence-corrected chi connectivity index (χ3v) is 3.56. The summed E-state index contributed by atoms with van der Waals surface area (Å²) >= 11 is 0. The van der Waals surface area contributed by atoms with Gasteiger partial charge in [0.05, 0.1) is 12.7 Å². The fourth-order valence-electron chi connectivity index (χ4n) is 2.43. The van der Waals surface area contributed by atoms with Crippen molar-refractivity contribution in [2.24, 2.45) is 5.92 Å². The molecule has 0 aromatic heterocycles. The zero-order valence-corrected chi connectivity index (χ0v) is 14.1. The number of rotatable bonds is 6. The minimum atomic E-state index is -0.807. The molecule has 0 amide bonds. The molecule has 0 aliphatic rings. The highest BCUT2D eigenvalue weighted by atomic mass is 16.5. The summed E-state index contributed by atoms with van der Waals surface area (Å²) in [4.78, 5) is 2.10. The smallest absolute Gasteiger partial charge is 0.119 e. The number of hydrogen-bond acceptors (Lipinski definition) is 3. The first-order chi connectivity index (χ1) is 9.43. The maximum atomic E-state index is 10.9. The minimum absolute atomic E-state index is 0.157. The lowest BCUT2D eigenvalue weighted by atomic mass is 9.80. The molecule has 1 aromatic rings. The van der Waals surface area contributed by atoms with Gasteiger partial charge in [0, 0.05) is 12.5 Å². The quantitative estimate of drug-likeness (QED) is 0.866. The summed E-state index contributed by atoms with van der Waals surface area (Å²) in [5.74, 6) is 0.945. The van der Waals surface area contributed by atoms with Crippen LogP contribution in [0.25, 0.3) is 0 Å². The zero-order valence-electron chi connectivity index (χ0n) is 14.1. The summed E-state index contributed by atoms with van der Waals surface area (Å²) in [5.41, 5.74) is 0.123. The fourth-order valence-corrected chi connectivity index (χ4v) is 2.43. The van der Waals surface area contributed by atoms with E-state index in [9.17, 15) is 5.11 Å². The van der Waals surface area contributed by atoms with Gasteiger partial charge in [0.2, 0.25) is 0 Å². The first-order valence-electron chi connectivity index (χ1n) is 7.45. The summed E-state index contributed by atoms with van der Waals surface area (Å²) < 4.78 is 5.23. The number of hydrogen-bond donors (Lipinski definition) is 1. The topological polar surface area (TPSA) is 32.7 Å². The number of aliphatic hydroxyl groups is 1. The van der Waals surface area contributed by atoms with Crippen LogP contribution in [-0.4, -0.2) is 37.8 Å². The van der Waals surface area contributed by atoms with E-state index in [2.05, 4.69) is 11.8 Å². The fraction of sp³-hybridized carbons (Fsp3) is 0.647. The third kappa shape index (κ3) is 4.80. The largest absolute Gasteiger partial charge is 0.497 e. The highest BCUT2D eigenvalue weighted by molar-refractivity contribution is 5.32. The maximum Gasteiger partial charge on any atom is 0.119 e. The van der Waals surface area contributed by atoms with Gasteiger partial charge in [-0.15, -0.1) is 0 Å². The predicted molar refractivity (Wildman–Crippen MR) is 86.2 cm³/mol. The van der Waals surface area contributed by atoms with Crippen LogP contribution in [0.4, 0.5) is 0 Å². The molecule has 1 aromatic carbocycles. The standard InChI is InChI=1S/C15H25NO2.C2H6/c1-6-15(17,12(2)11-16(3)4)13-8-7-9-14(10-13)18-5;1-2/h7-10,12,17H,6,11H2,1-5H3;1-2H3/t12-,15-;/m0./s1. The molecular weight excluding hydrogens is 250 g/mol. The van der Waals surface area contributed by atoms with Crippen LogP contribution in [0.5, 0.6) is 5.75 Å². The number of methoxy groups -OCH3 is 1. The third-order valence-electron chi connectivity index (χ3n) is 3.56. The highest BCUT2D eigenvalue weighted by Gasteiger charge is 2.34. The normalized spacial score (nSPS) is 15.1. The Kier molecular flexibility index (Phi) is 8.51. The molecule has 20 heavy (non-hydrogen) atoms. The molecule has 0 saturated heterocycles. The Hall–Kier alpha value is -1.06. The molecule has 0 saturated carbocycles. The van der Waals surface area contributed by atoms with Crippen molar-refractivity contribution in [3.05, 3.63) is 29.8 Å². The molecule has 0 bridgehead atoms. The van der Waals surface area contributed by atoms with Gasteiger partial charge in [-0.3, -0.25) is 0 Å². The van der Waals surface area contributed by atoms with Gasteiger partial charge in [0.15, 0.2) is 0 Å². The molecule has 0 aliphatic heterocycles. The number of ether oxygens (including phenoxy) is 1. The van der Waals surface area contributed by atoms with Crippen molar-refractivity contribution in [1.82, 2.24) is 4.90 Å². The lowest BCUT2D eigenvalue weighted by Crippen LogP contribution is -2.38. The Bertz CT molecular complexity index is 379. The van der Waals surface area contributed by atoms with E-state index in [4.69, 9.17) is 4.74 Å². The highest BCUT2D eigenvalue weighted by Crippen LogP contribution is 2.34. The summed E-state index contributed by atoms with van der Waals surface area (Å²) in [6.45, 7) is 8.95. The first kappa shape index (κ1) is 18.9. The van der Waals surface area contributed by atoms with Gasteiger partial charge in [-0.1, -0.05) is 39.8 Å². The van der Waals surface area contributed by atoms with E-state index < -0.39 is 5.60 Å². The Labute approximate surface area is 124 Å². The number of nitrogens with zero attached hydrogens (tertiary/aromatic N) is 1. The van der Waals surface area contributed by atoms with Crippen LogP contribution < -0.4 is 4.74 Å². The lowest BCUT2D eigenvalue weighted by molar-refractivity contribution is -0.0293. The van der Waals surface area contributed by atoms with Crippen molar-refractivity contribution >= 4 is 0 Å². The van der Waals surface area contributed by atoms with Gasteiger partial charge in [-0.25, -0.2) is 0 Å². The summed E-state index contributed by atoms with van der Waals surface area (Å²) in [6.07, 6.45) is 0.690. The van der Waals surface area contributed by atoms with E-state index in [1.807, 2.05) is 59.1 Å². The molecule has 0 spiro atoms. The second kappa shape index (κ2) is 8.98. The Morgan fingerprint density at radius 3 is 2.35 bits per heavy atom. The molecule has 3 nitrogen and oxygen atoms in total. The summed E-state index contributed by atoms with van der Waals surface area (Å²) in [5, 5.41) is 10.9. The van der Waals surface area contributed by atoms with E-state index in [0.29, 0.717) is 6.42 Å². The SMILES string of the molecule is CC.CC[C@@](O)(c1cccc(OC)c1)[C@@H](C)CN(C)C. The second-order valence-electron chi connectivity index (χ2n) is 5.17. The van der Waals surface area contributed by atoms with E-state index in [-0.39, 0.29) is 5.92 Å². The van der Waals surface area contributed by atoms with Gasteiger partial charge >= 0.3 is 0 Å². The monoisotopic (exact) mass is 281 g/mol. The van der Waals surface area contributed by atoms with E-state index in [1.54, 1.807) is 7.11 Å². The molecular formula is C17H31NO2. The van der Waals surface area contributed by atoms with E-state index in [1.165, 1.54) is 0 Å². The maximum absolute atomic E-state index is 10.9. The van der Waals surface area contributed by atoms with Gasteiger partial charge in [-0.05, 0) is 38.2 Å². The van der Waals surface area contributed by atoms with Gasteiger partial charge in [-0.2, -0.15) is 0 Å². The van der Waals surface area contributed by atoms with Crippen molar-refractivity contribution in [1.29, 1.82) is 0 Å². The van der Waals surface area contributed by atoms with E-state index >= 15 is 0 Å². The van der Waals surface area contributed by atoms with Crippen LogP contribution in [0, 0.1) is 5.92 Å². The Morgan fingerprint density at radius 2 is 1.90 bits per heavy atom. The molecule has 0 radical (unpaired) electrons. The second-order valence-corrected chi connectivity index (χ2v) is 5.17. The van der Waals surface area contributed by atoms with Crippen LogP contribution in [0.2, 0.25) is 0 Å². The van der Waals surface area contributed by atoms with Crippen molar-refractivity contribution in [2.75, 3.05) is 27.7 Å². The van der Waals surface area contributed by atoms with Crippen LogP contribution in [-0.2, 0) is 5.60 Å². The molecule has 0 fully saturated rings. The van der Waals surface area contributed by atoms with E-state index in [0.717, 1.165) is 17.9 Å². The van der Waals surface area contributed by atoms with Gasteiger partial charge < -0.3 is 14.7 Å². The van der Waals surface area contributed by atoms with Crippen molar-refractivity contribution < 1.29 is 9.84 Å².